The van der Waals surface area contributed by atoms with E-state index >= 15 is 0 Å². The molecule has 1 aromatic heterocycles. The Morgan fingerprint density at radius 1 is 1.35 bits per heavy atom. The molecule has 0 aliphatic heterocycles. The molecule has 1 aromatic carbocycles. The fraction of sp³-hybridized carbons (Fsp3) is 0.474. The van der Waals surface area contributed by atoms with Gasteiger partial charge in [-0.1, -0.05) is 6.07 Å². The molecule has 0 fully saturated rings. The van der Waals surface area contributed by atoms with Gasteiger partial charge in [0.2, 0.25) is 0 Å². The zero-order valence-corrected chi connectivity index (χ0v) is 16.3. The second-order valence-electron chi connectivity index (χ2n) is 6.63. The molecular weight excluding hydrogens is 331 g/mol. The van der Waals surface area contributed by atoms with Gasteiger partial charge in [0.25, 0.3) is 0 Å². The number of benzene rings is 1. The fourth-order valence-electron chi connectivity index (χ4n) is 2.88. The van der Waals surface area contributed by atoms with Crippen LogP contribution in [0.2, 0.25) is 0 Å². The number of rotatable bonds is 7. The second-order valence-corrected chi connectivity index (χ2v) is 6.63. The lowest BCUT2D eigenvalue weighted by Crippen LogP contribution is -2.42. The number of nitrogens with zero attached hydrogens (tertiary/aromatic N) is 4. The molecular formula is C19H29FN6. The molecule has 142 valence electrons. The van der Waals surface area contributed by atoms with Gasteiger partial charge in [0, 0.05) is 38.9 Å². The molecule has 2 N–H and O–H groups in total. The first-order valence-corrected chi connectivity index (χ1v) is 8.75. The molecule has 1 heterocycles. The van der Waals surface area contributed by atoms with E-state index < -0.39 is 0 Å². The highest BCUT2D eigenvalue weighted by molar-refractivity contribution is 5.79. The monoisotopic (exact) mass is 360 g/mol. The van der Waals surface area contributed by atoms with E-state index in [9.17, 15) is 4.39 Å². The highest BCUT2D eigenvalue weighted by Crippen LogP contribution is 2.16. The van der Waals surface area contributed by atoms with Crippen LogP contribution in [-0.4, -0.2) is 54.9 Å². The van der Waals surface area contributed by atoms with Crippen LogP contribution in [-0.2, 0) is 13.5 Å². The number of hydrogen-bond donors (Lipinski definition) is 2. The van der Waals surface area contributed by atoms with Crippen molar-refractivity contribution in [2.24, 2.45) is 12.0 Å². The molecule has 0 aliphatic rings. The lowest BCUT2D eigenvalue weighted by molar-refractivity contribution is 0.298. The smallest absolute Gasteiger partial charge is 0.191 e. The number of hydrogen-bond acceptors (Lipinski definition) is 3. The van der Waals surface area contributed by atoms with Crippen LogP contribution in [0.3, 0.4) is 0 Å². The predicted octanol–water partition coefficient (Wildman–Crippen LogP) is 1.88. The largest absolute Gasteiger partial charge is 0.356 e. The average Bonchev–Trinajstić information content (AvgIpc) is 3.01. The number of aryl methyl sites for hydroxylation is 2. The number of halogens is 1. The highest BCUT2D eigenvalue weighted by Gasteiger charge is 2.16. The van der Waals surface area contributed by atoms with Gasteiger partial charge in [-0.25, -0.2) is 4.39 Å². The molecule has 6 nitrogen and oxygen atoms in total. The van der Waals surface area contributed by atoms with Crippen molar-refractivity contribution >= 4 is 5.96 Å². The summed E-state index contributed by atoms with van der Waals surface area (Å²) in [6.45, 7) is 3.38. The maximum absolute atomic E-state index is 13.2. The van der Waals surface area contributed by atoms with Gasteiger partial charge in [0.1, 0.15) is 5.82 Å². The molecule has 1 atom stereocenters. The van der Waals surface area contributed by atoms with E-state index in [0.717, 1.165) is 35.6 Å². The number of aliphatic imine (C=N–C) groups is 1. The van der Waals surface area contributed by atoms with Crippen LogP contribution in [0.5, 0.6) is 0 Å². The van der Waals surface area contributed by atoms with Crippen LogP contribution in [0.25, 0.3) is 0 Å². The van der Waals surface area contributed by atoms with Gasteiger partial charge in [0.05, 0.1) is 12.2 Å². The lowest BCUT2D eigenvalue weighted by Gasteiger charge is -2.24. The number of aromatic nitrogens is 2. The molecule has 0 spiro atoms. The minimum absolute atomic E-state index is 0.193. The van der Waals surface area contributed by atoms with E-state index in [1.807, 2.05) is 51.2 Å². The Labute approximate surface area is 155 Å². The summed E-state index contributed by atoms with van der Waals surface area (Å²) in [5, 5.41) is 10.9. The number of nitrogens with one attached hydrogen (secondary N) is 2. The second kappa shape index (κ2) is 9.33. The molecule has 0 radical (unpaired) electrons. The first-order chi connectivity index (χ1) is 12.4. The molecule has 7 heteroatoms. The topological polar surface area (TPSA) is 57.5 Å². The molecule has 2 rings (SSSR count). The Kier molecular flexibility index (Phi) is 7.15. The molecule has 1 unspecified atom stereocenters. The minimum atomic E-state index is -0.193. The molecule has 26 heavy (non-hydrogen) atoms. The Morgan fingerprint density at radius 3 is 2.69 bits per heavy atom. The zero-order valence-electron chi connectivity index (χ0n) is 16.3. The van der Waals surface area contributed by atoms with Crippen molar-refractivity contribution in [3.05, 3.63) is 53.1 Å². The minimum Gasteiger partial charge on any atom is -0.356 e. The van der Waals surface area contributed by atoms with Crippen molar-refractivity contribution in [3.63, 3.8) is 0 Å². The normalized spacial score (nSPS) is 13.1. The summed E-state index contributed by atoms with van der Waals surface area (Å²) in [5.41, 5.74) is 3.26. The van der Waals surface area contributed by atoms with Crippen LogP contribution in [0, 0.1) is 12.7 Å². The Morgan fingerprint density at radius 2 is 2.12 bits per heavy atom. The Bertz CT molecular complexity index is 737. The fourth-order valence-corrected chi connectivity index (χ4v) is 2.88. The molecule has 0 saturated heterocycles. The average molecular weight is 360 g/mol. The summed E-state index contributed by atoms with van der Waals surface area (Å²) in [7, 11) is 7.77. The van der Waals surface area contributed by atoms with Gasteiger partial charge >= 0.3 is 0 Å². The van der Waals surface area contributed by atoms with Gasteiger partial charge in [-0.2, -0.15) is 5.10 Å². The molecule has 2 aromatic rings. The maximum atomic E-state index is 13.2. The van der Waals surface area contributed by atoms with E-state index in [2.05, 4.69) is 25.6 Å². The molecule has 0 aliphatic carbocycles. The molecule has 0 amide bonds. The summed E-state index contributed by atoms with van der Waals surface area (Å²) >= 11 is 0. The van der Waals surface area contributed by atoms with Gasteiger partial charge < -0.3 is 15.5 Å². The van der Waals surface area contributed by atoms with E-state index in [0.29, 0.717) is 6.54 Å². The van der Waals surface area contributed by atoms with Crippen molar-refractivity contribution in [1.82, 2.24) is 25.3 Å². The Balaban J connectivity index is 1.86. The summed E-state index contributed by atoms with van der Waals surface area (Å²) in [6.07, 6.45) is 4.73. The summed E-state index contributed by atoms with van der Waals surface area (Å²) in [6, 6.07) is 5.11. The van der Waals surface area contributed by atoms with Crippen molar-refractivity contribution in [1.29, 1.82) is 0 Å². The van der Waals surface area contributed by atoms with E-state index in [-0.39, 0.29) is 11.9 Å². The van der Waals surface area contributed by atoms with Crippen LogP contribution in [0.1, 0.15) is 22.7 Å². The van der Waals surface area contributed by atoms with Gasteiger partial charge in [-0.05, 0) is 50.7 Å². The van der Waals surface area contributed by atoms with Gasteiger partial charge in [0.15, 0.2) is 5.96 Å². The quantitative estimate of drug-likeness (QED) is 0.585. The predicted molar refractivity (Wildman–Crippen MR) is 104 cm³/mol. The van der Waals surface area contributed by atoms with E-state index in [1.54, 1.807) is 13.1 Å². The number of guanidine groups is 1. The van der Waals surface area contributed by atoms with Crippen molar-refractivity contribution < 1.29 is 4.39 Å². The van der Waals surface area contributed by atoms with Crippen LogP contribution in [0.15, 0.2) is 35.6 Å². The first-order valence-electron chi connectivity index (χ1n) is 8.75. The van der Waals surface area contributed by atoms with E-state index in [4.69, 9.17) is 0 Å². The van der Waals surface area contributed by atoms with Crippen molar-refractivity contribution in [2.75, 3.05) is 34.2 Å². The summed E-state index contributed by atoms with van der Waals surface area (Å²) < 4.78 is 15.0. The standard InChI is InChI=1S/C19H29FN6/c1-14-10-17(20)7-6-15(14)8-9-22-19(21-2)23-12-18(25(3)4)16-11-24-26(5)13-16/h6-7,10-11,13,18H,8-9,12H2,1-5H3,(H2,21,22,23). The summed E-state index contributed by atoms with van der Waals surface area (Å²) in [5.74, 6) is 0.558. The summed E-state index contributed by atoms with van der Waals surface area (Å²) in [4.78, 5) is 6.43. The third-order valence-corrected chi connectivity index (χ3v) is 4.41. The van der Waals surface area contributed by atoms with Crippen molar-refractivity contribution in [2.45, 2.75) is 19.4 Å². The van der Waals surface area contributed by atoms with Gasteiger partial charge in [-0.15, -0.1) is 0 Å². The Hall–Kier alpha value is -2.41. The zero-order chi connectivity index (χ0) is 19.1. The molecule has 0 bridgehead atoms. The van der Waals surface area contributed by atoms with Crippen LogP contribution in [0.4, 0.5) is 4.39 Å². The van der Waals surface area contributed by atoms with E-state index in [1.165, 1.54) is 6.07 Å². The van der Waals surface area contributed by atoms with Crippen LogP contribution < -0.4 is 10.6 Å². The molecule has 0 saturated carbocycles. The highest BCUT2D eigenvalue weighted by atomic mass is 19.1. The van der Waals surface area contributed by atoms with Gasteiger partial charge in [-0.3, -0.25) is 9.67 Å². The van der Waals surface area contributed by atoms with Crippen molar-refractivity contribution in [3.8, 4) is 0 Å². The third kappa shape index (κ3) is 5.56. The maximum Gasteiger partial charge on any atom is 0.191 e. The first kappa shape index (κ1) is 19.9. The van der Waals surface area contributed by atoms with Crippen LogP contribution >= 0.6 is 0 Å². The number of likely N-dealkylation sites (N-methyl/N-ethyl adjacent to an activating group) is 1. The SMILES string of the molecule is CN=C(NCCc1ccc(F)cc1C)NCC(c1cnn(C)c1)N(C)C. The lowest BCUT2D eigenvalue weighted by atomic mass is 10.1. The third-order valence-electron chi connectivity index (χ3n) is 4.41.